The Morgan fingerprint density at radius 3 is 2.30 bits per heavy atom. The Morgan fingerprint density at radius 2 is 1.90 bits per heavy atom. The molecule has 0 saturated carbocycles. The standard InChI is InChI=1S/C6H7O4/c1-9-5(7)3-4-6(8)10-2/h3H,1-2H3. The second-order valence-corrected chi connectivity index (χ2v) is 1.30. The van der Waals surface area contributed by atoms with E-state index in [9.17, 15) is 9.59 Å². The Kier molecular flexibility index (Phi) is 3.95. The number of esters is 2. The fourth-order valence-corrected chi connectivity index (χ4v) is 0.236. The van der Waals surface area contributed by atoms with E-state index in [1.165, 1.54) is 14.2 Å². The Labute approximate surface area is 58.4 Å². The summed E-state index contributed by atoms with van der Waals surface area (Å²) in [6.45, 7) is 0. The number of carbonyl (C=O) groups is 2. The van der Waals surface area contributed by atoms with Crippen molar-refractivity contribution in [3.05, 3.63) is 12.2 Å². The second-order valence-electron chi connectivity index (χ2n) is 1.30. The number of hydrogen-bond acceptors (Lipinski definition) is 4. The lowest BCUT2D eigenvalue weighted by Gasteiger charge is -1.88. The second kappa shape index (κ2) is 4.55. The van der Waals surface area contributed by atoms with E-state index >= 15 is 0 Å². The van der Waals surface area contributed by atoms with E-state index in [0.29, 0.717) is 0 Å². The lowest BCUT2D eigenvalue weighted by molar-refractivity contribution is -0.138. The maximum absolute atomic E-state index is 10.3. The quantitative estimate of drug-likeness (QED) is 0.393. The number of ether oxygens (including phenoxy) is 2. The van der Waals surface area contributed by atoms with Crippen LogP contribution in [0.3, 0.4) is 0 Å². The molecule has 0 spiro atoms. The zero-order valence-corrected chi connectivity index (χ0v) is 5.71. The summed E-state index contributed by atoms with van der Waals surface area (Å²) >= 11 is 0. The minimum Gasteiger partial charge on any atom is -0.466 e. The molecule has 0 aliphatic carbocycles. The van der Waals surface area contributed by atoms with Crippen molar-refractivity contribution in [2.45, 2.75) is 0 Å². The number of methoxy groups -OCH3 is 2. The largest absolute Gasteiger partial charge is 0.466 e. The van der Waals surface area contributed by atoms with E-state index < -0.39 is 11.9 Å². The van der Waals surface area contributed by atoms with Gasteiger partial charge < -0.3 is 9.47 Å². The molecule has 0 aromatic carbocycles. The molecule has 0 atom stereocenters. The van der Waals surface area contributed by atoms with E-state index in [2.05, 4.69) is 9.47 Å². The molecule has 0 rings (SSSR count). The van der Waals surface area contributed by atoms with Crippen molar-refractivity contribution in [3.63, 3.8) is 0 Å². The molecule has 0 amide bonds. The summed E-state index contributed by atoms with van der Waals surface area (Å²) in [4.78, 5) is 20.5. The molecule has 4 nitrogen and oxygen atoms in total. The van der Waals surface area contributed by atoms with Gasteiger partial charge in [-0.1, -0.05) is 0 Å². The molecule has 0 saturated heterocycles. The molecular formula is C6H7O4. The summed E-state index contributed by atoms with van der Waals surface area (Å²) in [5, 5.41) is 0. The minimum absolute atomic E-state index is 0.634. The van der Waals surface area contributed by atoms with Gasteiger partial charge in [0, 0.05) is 6.08 Å². The van der Waals surface area contributed by atoms with Gasteiger partial charge in [-0.2, -0.15) is 0 Å². The number of rotatable bonds is 2. The van der Waals surface area contributed by atoms with Crippen LogP contribution in [0.25, 0.3) is 0 Å². The lowest BCUT2D eigenvalue weighted by atomic mass is 10.5. The predicted octanol–water partition coefficient (Wildman–Crippen LogP) is -0.308. The van der Waals surface area contributed by atoms with Crippen molar-refractivity contribution in [1.82, 2.24) is 0 Å². The first kappa shape index (κ1) is 8.68. The van der Waals surface area contributed by atoms with E-state index in [4.69, 9.17) is 0 Å². The molecule has 0 heterocycles. The van der Waals surface area contributed by atoms with Gasteiger partial charge in [0.15, 0.2) is 0 Å². The van der Waals surface area contributed by atoms with Crippen molar-refractivity contribution in [1.29, 1.82) is 0 Å². The van der Waals surface area contributed by atoms with Gasteiger partial charge in [0.1, 0.15) is 0 Å². The average Bonchev–Trinajstić information content (AvgIpc) is 1.99. The summed E-state index contributed by atoms with van der Waals surface area (Å²) < 4.78 is 8.34. The first-order valence-electron chi connectivity index (χ1n) is 2.46. The predicted molar refractivity (Wildman–Crippen MR) is 31.8 cm³/mol. The molecule has 0 N–H and O–H groups in total. The molecule has 0 bridgehead atoms. The molecular weight excluding hydrogens is 136 g/mol. The van der Waals surface area contributed by atoms with Gasteiger partial charge >= 0.3 is 11.9 Å². The molecule has 1 radical (unpaired) electrons. The lowest BCUT2D eigenvalue weighted by Crippen LogP contribution is -1.99. The third kappa shape index (κ3) is 3.65. The van der Waals surface area contributed by atoms with Crippen LogP contribution in [0.2, 0.25) is 0 Å². The molecule has 0 aliphatic heterocycles. The minimum atomic E-state index is -0.703. The van der Waals surface area contributed by atoms with E-state index in [1.807, 2.05) is 6.08 Å². The maximum atomic E-state index is 10.3. The summed E-state index contributed by atoms with van der Waals surface area (Å²) in [6, 6.07) is 0. The fourth-order valence-electron chi connectivity index (χ4n) is 0.236. The smallest absolute Gasteiger partial charge is 0.339 e. The summed E-state index contributed by atoms with van der Waals surface area (Å²) in [7, 11) is 2.40. The zero-order chi connectivity index (χ0) is 7.98. The first-order valence-corrected chi connectivity index (χ1v) is 2.46. The van der Waals surface area contributed by atoms with Gasteiger partial charge in [-0.3, -0.25) is 0 Å². The van der Waals surface area contributed by atoms with Crippen LogP contribution in [-0.4, -0.2) is 26.2 Å². The van der Waals surface area contributed by atoms with Gasteiger partial charge in [0.2, 0.25) is 0 Å². The molecule has 0 fully saturated rings. The molecule has 0 aromatic rings. The van der Waals surface area contributed by atoms with Crippen LogP contribution in [0.1, 0.15) is 0 Å². The van der Waals surface area contributed by atoms with Gasteiger partial charge in [-0.05, 0) is 0 Å². The van der Waals surface area contributed by atoms with Crippen molar-refractivity contribution in [2.24, 2.45) is 0 Å². The topological polar surface area (TPSA) is 52.6 Å². The highest BCUT2D eigenvalue weighted by Gasteiger charge is 1.95. The average molecular weight is 143 g/mol. The normalized spacial score (nSPS) is 9.40. The SMILES string of the molecule is COC(=O)/[C]=C/C(=O)OC. The highest BCUT2D eigenvalue weighted by molar-refractivity contribution is 5.88. The van der Waals surface area contributed by atoms with Gasteiger partial charge in [0.05, 0.1) is 20.3 Å². The summed E-state index contributed by atoms with van der Waals surface area (Å²) in [5.74, 6) is -1.34. The van der Waals surface area contributed by atoms with Crippen LogP contribution in [0.15, 0.2) is 6.08 Å². The number of hydrogen-bond donors (Lipinski definition) is 0. The van der Waals surface area contributed by atoms with Crippen molar-refractivity contribution >= 4 is 11.9 Å². The third-order valence-electron chi connectivity index (χ3n) is 0.694. The molecule has 4 heteroatoms. The van der Waals surface area contributed by atoms with E-state index in [0.717, 1.165) is 6.08 Å². The van der Waals surface area contributed by atoms with Crippen molar-refractivity contribution in [3.8, 4) is 0 Å². The van der Waals surface area contributed by atoms with Crippen LogP contribution in [0.4, 0.5) is 0 Å². The summed E-state index contributed by atoms with van der Waals surface area (Å²) in [5.41, 5.74) is 0. The highest BCUT2D eigenvalue weighted by atomic mass is 16.5. The molecule has 0 unspecified atom stereocenters. The number of carbonyl (C=O) groups excluding carboxylic acids is 2. The van der Waals surface area contributed by atoms with Crippen LogP contribution in [-0.2, 0) is 19.1 Å². The van der Waals surface area contributed by atoms with Gasteiger partial charge in [-0.25, -0.2) is 9.59 Å². The van der Waals surface area contributed by atoms with Crippen molar-refractivity contribution in [2.75, 3.05) is 14.2 Å². The summed E-state index contributed by atoms with van der Waals surface area (Å²) in [6.07, 6.45) is 2.89. The maximum Gasteiger partial charge on any atom is 0.339 e. The van der Waals surface area contributed by atoms with Gasteiger partial charge in [-0.15, -0.1) is 0 Å². The van der Waals surface area contributed by atoms with Crippen LogP contribution in [0, 0.1) is 6.08 Å². The van der Waals surface area contributed by atoms with Crippen LogP contribution < -0.4 is 0 Å². The van der Waals surface area contributed by atoms with Crippen molar-refractivity contribution < 1.29 is 19.1 Å². The van der Waals surface area contributed by atoms with Crippen LogP contribution in [0.5, 0.6) is 0 Å². The Morgan fingerprint density at radius 1 is 1.30 bits per heavy atom. The van der Waals surface area contributed by atoms with Gasteiger partial charge in [0.25, 0.3) is 0 Å². The van der Waals surface area contributed by atoms with E-state index in [-0.39, 0.29) is 0 Å². The van der Waals surface area contributed by atoms with Crippen LogP contribution >= 0.6 is 0 Å². The zero-order valence-electron chi connectivity index (χ0n) is 5.71. The monoisotopic (exact) mass is 143 g/mol. The Hall–Kier alpha value is -1.32. The molecule has 10 heavy (non-hydrogen) atoms. The highest BCUT2D eigenvalue weighted by Crippen LogP contribution is 1.78. The molecule has 55 valence electrons. The molecule has 0 aliphatic rings. The third-order valence-corrected chi connectivity index (χ3v) is 0.694. The Bertz CT molecular complexity index is 141. The Balaban J connectivity index is 3.75. The first-order chi connectivity index (χ1) is 4.70. The fraction of sp³-hybridized carbons (Fsp3) is 0.333. The van der Waals surface area contributed by atoms with E-state index in [1.54, 1.807) is 0 Å². The molecule has 0 aromatic heterocycles.